The standard InChI is InChI=1S/C50H68N6S3/c1-5-9-13-17-19-23-27-37(25-21-15-11-7-3)35-55-41-29-43(39(31-51)32-52)57-47(41)49-45(55)46-50(59-49)48-42(30-44(58-48)40(33-53)34-54)56(46)36-38(26-22-16-12-8-4)28-24-20-18-14-10-6-2/h29-30,37-38H,5-28,35-36H2,1-4H3. The zero-order valence-electron chi connectivity index (χ0n) is 36.6. The van der Waals surface area contributed by atoms with Crippen molar-refractivity contribution < 1.29 is 0 Å². The lowest BCUT2D eigenvalue weighted by Gasteiger charge is -2.21. The summed E-state index contributed by atoms with van der Waals surface area (Å²) in [6.07, 6.45) is 30.5. The number of hydrogen-bond donors (Lipinski definition) is 0. The molecule has 0 N–H and O–H groups in total. The molecule has 0 spiro atoms. The lowest BCUT2D eigenvalue weighted by atomic mass is 9.94. The molecule has 5 rings (SSSR count). The Morgan fingerprint density at radius 3 is 1.07 bits per heavy atom. The monoisotopic (exact) mass is 848 g/mol. The highest BCUT2D eigenvalue weighted by atomic mass is 32.1. The molecular formula is C50H68N6S3. The Labute approximate surface area is 366 Å². The average molecular weight is 849 g/mol. The topological polar surface area (TPSA) is 105 Å². The smallest absolute Gasteiger partial charge is 0.146 e. The van der Waals surface area contributed by atoms with Crippen LogP contribution in [0.15, 0.2) is 12.1 Å². The maximum Gasteiger partial charge on any atom is 0.146 e. The minimum absolute atomic E-state index is 0.182. The molecule has 6 nitrogen and oxygen atoms in total. The lowest BCUT2D eigenvalue weighted by molar-refractivity contribution is 0.363. The molecule has 0 aliphatic rings. The molecule has 5 heterocycles. The van der Waals surface area contributed by atoms with Gasteiger partial charge in [0.1, 0.15) is 35.4 Å². The van der Waals surface area contributed by atoms with Gasteiger partial charge >= 0.3 is 0 Å². The third kappa shape index (κ3) is 11.8. The van der Waals surface area contributed by atoms with Crippen molar-refractivity contribution in [2.24, 2.45) is 11.8 Å². The fourth-order valence-electron chi connectivity index (χ4n) is 9.17. The van der Waals surface area contributed by atoms with E-state index in [2.05, 4.69) is 73.2 Å². The van der Waals surface area contributed by atoms with Crippen molar-refractivity contribution >= 4 is 86.0 Å². The van der Waals surface area contributed by atoms with Crippen LogP contribution in [0, 0.1) is 57.2 Å². The summed E-state index contributed by atoms with van der Waals surface area (Å²) in [5.74, 6) is 1.09. The van der Waals surface area contributed by atoms with E-state index in [1.165, 1.54) is 184 Å². The first-order chi connectivity index (χ1) is 29.0. The Balaban J connectivity index is 1.69. The third-order valence-electron chi connectivity index (χ3n) is 12.5. The van der Waals surface area contributed by atoms with Gasteiger partial charge < -0.3 is 9.13 Å². The van der Waals surface area contributed by atoms with E-state index in [1.54, 1.807) is 22.7 Å². The highest BCUT2D eigenvalue weighted by Crippen LogP contribution is 2.48. The Hall–Kier alpha value is -3.60. The quantitative estimate of drug-likeness (QED) is 0.0467. The summed E-state index contributed by atoms with van der Waals surface area (Å²) in [5, 5.41) is 39.8. The first-order valence-electron chi connectivity index (χ1n) is 23.3. The molecule has 0 fully saturated rings. The second-order valence-electron chi connectivity index (χ2n) is 17.1. The van der Waals surface area contributed by atoms with Gasteiger partial charge in [0.05, 0.1) is 49.9 Å². The van der Waals surface area contributed by atoms with Crippen molar-refractivity contribution in [2.75, 3.05) is 0 Å². The van der Waals surface area contributed by atoms with Crippen molar-refractivity contribution in [3.8, 4) is 24.3 Å². The van der Waals surface area contributed by atoms with Crippen LogP contribution in [0.25, 0.3) is 52.0 Å². The molecule has 0 radical (unpaired) electrons. The minimum atomic E-state index is 0.182. The minimum Gasteiger partial charge on any atom is -0.337 e. The number of hydrogen-bond acceptors (Lipinski definition) is 7. The fraction of sp³-hybridized carbons (Fsp3) is 0.640. The molecular weight excluding hydrogens is 781 g/mol. The molecule has 59 heavy (non-hydrogen) atoms. The molecule has 0 amide bonds. The Morgan fingerprint density at radius 2 is 0.746 bits per heavy atom. The van der Waals surface area contributed by atoms with Gasteiger partial charge in [-0.15, -0.1) is 34.0 Å². The predicted octanol–water partition coefficient (Wildman–Crippen LogP) is 15.2. The molecule has 0 saturated heterocycles. The molecule has 0 aromatic carbocycles. The second-order valence-corrected chi connectivity index (χ2v) is 20.2. The van der Waals surface area contributed by atoms with Crippen molar-refractivity contribution in [3.05, 3.63) is 21.2 Å². The molecule has 0 bridgehead atoms. The van der Waals surface area contributed by atoms with Crippen LogP contribution in [-0.4, -0.2) is 9.13 Å². The summed E-state index contributed by atoms with van der Waals surface area (Å²) in [7, 11) is 0. The summed E-state index contributed by atoms with van der Waals surface area (Å²) < 4.78 is 11.5. The van der Waals surface area contributed by atoms with Crippen LogP contribution in [0.4, 0.5) is 0 Å². The van der Waals surface area contributed by atoms with Gasteiger partial charge in [-0.1, -0.05) is 156 Å². The molecule has 5 aromatic heterocycles. The van der Waals surface area contributed by atoms with Gasteiger partial charge in [0, 0.05) is 13.1 Å². The van der Waals surface area contributed by atoms with E-state index in [0.717, 1.165) is 33.2 Å². The van der Waals surface area contributed by atoms with Gasteiger partial charge in [-0.2, -0.15) is 21.0 Å². The van der Waals surface area contributed by atoms with Crippen LogP contribution >= 0.6 is 34.0 Å². The van der Waals surface area contributed by atoms with E-state index in [4.69, 9.17) is 0 Å². The molecule has 0 aliphatic heterocycles. The van der Waals surface area contributed by atoms with Crippen LogP contribution in [0.5, 0.6) is 0 Å². The van der Waals surface area contributed by atoms with Crippen molar-refractivity contribution in [1.29, 1.82) is 21.0 Å². The number of nitrogens with zero attached hydrogens (tertiary/aromatic N) is 6. The van der Waals surface area contributed by atoms with Gasteiger partial charge in [0.2, 0.25) is 0 Å². The molecule has 0 aliphatic carbocycles. The Bertz CT molecular complexity index is 2190. The summed E-state index contributed by atoms with van der Waals surface area (Å²) in [6, 6.07) is 13.0. The second kappa shape index (κ2) is 24.6. The number of fused-ring (bicyclic) bond motifs is 7. The molecule has 316 valence electrons. The summed E-state index contributed by atoms with van der Waals surface area (Å²) in [6.45, 7) is 11.0. The number of thiophene rings is 3. The van der Waals surface area contributed by atoms with Gasteiger partial charge in [-0.05, 0) is 49.7 Å². The SMILES string of the molecule is CCCCCCCCC(CCCCCC)Cn1c2cc(=C(C#N)C#N)sc2c2sc3c4sc(=C(C#N)C#N)cc4n(CC(CCCCCC)CCCCCCCC)c3c21. The van der Waals surface area contributed by atoms with Crippen LogP contribution in [0.1, 0.15) is 182 Å². The van der Waals surface area contributed by atoms with E-state index < -0.39 is 0 Å². The van der Waals surface area contributed by atoms with Crippen molar-refractivity contribution in [3.63, 3.8) is 0 Å². The fourth-order valence-corrected chi connectivity index (χ4v) is 13.0. The number of unbranched alkanes of at least 4 members (excludes halogenated alkanes) is 16. The summed E-state index contributed by atoms with van der Waals surface area (Å²) in [5.41, 5.74) is 5.27. The first kappa shape index (κ1) is 46.5. The van der Waals surface area contributed by atoms with Gasteiger partial charge in [-0.25, -0.2) is 0 Å². The van der Waals surface area contributed by atoms with E-state index in [9.17, 15) is 21.0 Å². The largest absolute Gasteiger partial charge is 0.337 e. The van der Waals surface area contributed by atoms with Crippen molar-refractivity contribution in [2.45, 2.75) is 195 Å². The molecule has 5 aromatic rings. The van der Waals surface area contributed by atoms with Crippen molar-refractivity contribution in [1.82, 2.24) is 9.13 Å². The zero-order valence-corrected chi connectivity index (χ0v) is 39.1. The maximum absolute atomic E-state index is 9.94. The van der Waals surface area contributed by atoms with Crippen LogP contribution in [-0.2, 0) is 13.1 Å². The maximum atomic E-state index is 9.94. The molecule has 2 atom stereocenters. The summed E-state index contributed by atoms with van der Waals surface area (Å²) >= 11 is 5.02. The number of rotatable bonds is 28. The Morgan fingerprint density at radius 1 is 0.441 bits per heavy atom. The normalized spacial score (nSPS) is 12.6. The van der Waals surface area contributed by atoms with Gasteiger partial charge in [0.25, 0.3) is 0 Å². The van der Waals surface area contributed by atoms with Crippen LogP contribution in [0.2, 0.25) is 0 Å². The molecule has 9 heteroatoms. The molecule has 2 unspecified atom stereocenters. The van der Waals surface area contributed by atoms with Crippen LogP contribution < -0.4 is 9.06 Å². The summed E-state index contributed by atoms with van der Waals surface area (Å²) in [4.78, 5) is 0. The first-order valence-corrected chi connectivity index (χ1v) is 25.8. The van der Waals surface area contributed by atoms with E-state index in [1.807, 2.05) is 11.3 Å². The lowest BCUT2D eigenvalue weighted by Crippen LogP contribution is -2.14. The highest BCUT2D eigenvalue weighted by molar-refractivity contribution is 7.33. The van der Waals surface area contributed by atoms with E-state index >= 15 is 0 Å². The van der Waals surface area contributed by atoms with Gasteiger partial charge in [-0.3, -0.25) is 0 Å². The average Bonchev–Trinajstić information content (AvgIpc) is 4.05. The van der Waals surface area contributed by atoms with Gasteiger partial charge in [0.15, 0.2) is 0 Å². The van der Waals surface area contributed by atoms with E-state index in [0.29, 0.717) is 11.8 Å². The highest BCUT2D eigenvalue weighted by Gasteiger charge is 2.27. The zero-order chi connectivity index (χ0) is 42.0. The van der Waals surface area contributed by atoms with E-state index in [-0.39, 0.29) is 11.1 Å². The number of nitriles is 4. The Kier molecular flexibility index (Phi) is 19.4. The number of aromatic nitrogens is 2. The third-order valence-corrected chi connectivity index (χ3v) is 16.3. The predicted molar refractivity (Wildman–Crippen MR) is 255 cm³/mol. The van der Waals surface area contributed by atoms with Crippen LogP contribution in [0.3, 0.4) is 0 Å². The molecule has 0 saturated carbocycles.